The van der Waals surface area contributed by atoms with Gasteiger partial charge in [-0.2, -0.15) is 13.2 Å². The lowest BCUT2D eigenvalue weighted by molar-refractivity contribution is -0.319. The molecule has 3 nitrogen and oxygen atoms in total. The first-order valence-electron chi connectivity index (χ1n) is 4.59. The van der Waals surface area contributed by atoms with Gasteiger partial charge in [0.15, 0.2) is 11.5 Å². The highest BCUT2D eigenvalue weighted by molar-refractivity contribution is 5.76. The molecule has 1 aliphatic heterocycles. The highest BCUT2D eigenvalue weighted by Crippen LogP contribution is 2.46. The average molecular weight is 244 g/mol. The number of benzene rings is 1. The Morgan fingerprint density at radius 3 is 2.47 bits per heavy atom. The molecule has 0 saturated heterocycles. The first kappa shape index (κ1) is 11.5. The number of halogens is 3. The van der Waals surface area contributed by atoms with Gasteiger partial charge in [-0.05, 0) is 24.3 Å². The van der Waals surface area contributed by atoms with Gasteiger partial charge in [-0.25, -0.2) is 0 Å². The molecule has 1 unspecified atom stereocenters. The lowest BCUT2D eigenvalue weighted by Gasteiger charge is -2.35. The molecule has 1 atom stereocenters. The third-order valence-electron chi connectivity index (χ3n) is 2.26. The van der Waals surface area contributed by atoms with E-state index >= 15 is 0 Å². The van der Waals surface area contributed by atoms with Gasteiger partial charge in [0.25, 0.3) is 0 Å². The van der Waals surface area contributed by atoms with Gasteiger partial charge in [0.05, 0.1) is 0 Å². The van der Waals surface area contributed by atoms with Crippen molar-refractivity contribution in [3.8, 4) is 11.5 Å². The van der Waals surface area contributed by atoms with Crippen molar-refractivity contribution in [3.05, 3.63) is 36.4 Å². The van der Waals surface area contributed by atoms with Crippen LogP contribution in [0.4, 0.5) is 13.2 Å². The predicted octanol–water partition coefficient (Wildman–Crippen LogP) is 2.71. The van der Waals surface area contributed by atoms with E-state index in [0.29, 0.717) is 12.4 Å². The molecule has 1 aliphatic rings. The van der Waals surface area contributed by atoms with Crippen LogP contribution >= 0.6 is 0 Å². The van der Waals surface area contributed by atoms with Crippen LogP contribution in [-0.4, -0.2) is 18.2 Å². The van der Waals surface area contributed by atoms with Crippen molar-refractivity contribution in [1.29, 1.82) is 0 Å². The molecule has 90 valence electrons. The maximum atomic E-state index is 13.7. The van der Waals surface area contributed by atoms with Gasteiger partial charge in [-0.1, -0.05) is 6.58 Å². The molecular weight excluding hydrogens is 237 g/mol. The zero-order valence-electron chi connectivity index (χ0n) is 8.45. The zero-order chi connectivity index (χ0) is 12.7. The minimum absolute atomic E-state index is 0.156. The maximum absolute atomic E-state index is 13.7. The van der Waals surface area contributed by atoms with Crippen molar-refractivity contribution in [2.24, 2.45) is 0 Å². The minimum Gasteiger partial charge on any atom is -0.442 e. The maximum Gasteiger partial charge on any atom is 0.475 e. The van der Waals surface area contributed by atoms with Gasteiger partial charge in [-0.15, -0.1) is 0 Å². The Balaban J connectivity index is 2.50. The van der Waals surface area contributed by atoms with Crippen LogP contribution in [0, 0.1) is 0 Å². The number of alkyl halides is 3. The summed E-state index contributed by atoms with van der Waals surface area (Å²) in [6.07, 6.45) is -3.39. The molecule has 0 aliphatic carbocycles. The Hall–Kier alpha value is -1.98. The number of carbonyl (C=O) groups excluding carboxylic acids is 1. The van der Waals surface area contributed by atoms with Crippen molar-refractivity contribution in [3.63, 3.8) is 0 Å². The fourth-order valence-corrected chi connectivity index (χ4v) is 1.35. The lowest BCUT2D eigenvalue weighted by atomic mass is 10.2. The summed E-state index contributed by atoms with van der Waals surface area (Å²) in [6.45, 7) is 2.94. The first-order valence-corrected chi connectivity index (χ1v) is 4.59. The molecular formula is C11H7F3O3. The summed E-state index contributed by atoms with van der Waals surface area (Å²) in [7, 11) is 0. The number of aldehydes is 1. The van der Waals surface area contributed by atoms with Crippen LogP contribution in [0.5, 0.6) is 11.5 Å². The Labute approximate surface area is 94.4 Å². The van der Waals surface area contributed by atoms with E-state index in [1.54, 1.807) is 0 Å². The number of fused-ring (bicyclic) bond motifs is 1. The molecule has 0 bridgehead atoms. The van der Waals surface area contributed by atoms with Crippen molar-refractivity contribution < 1.29 is 27.4 Å². The molecule has 0 amide bonds. The normalized spacial score (nSPS) is 25.1. The number of carbonyl (C=O) groups is 1. The molecule has 0 radical (unpaired) electrons. The lowest BCUT2D eigenvalue weighted by Crippen LogP contribution is -2.53. The van der Waals surface area contributed by atoms with Crippen LogP contribution in [0.25, 0.3) is 0 Å². The van der Waals surface area contributed by atoms with E-state index in [-0.39, 0.29) is 17.1 Å². The molecule has 6 heteroatoms. The van der Waals surface area contributed by atoms with E-state index in [0.717, 1.165) is 12.1 Å². The largest absolute Gasteiger partial charge is 0.475 e. The van der Waals surface area contributed by atoms with E-state index in [4.69, 9.17) is 0 Å². The van der Waals surface area contributed by atoms with Crippen LogP contribution in [-0.2, 0) is 0 Å². The van der Waals surface area contributed by atoms with Gasteiger partial charge in [0.2, 0.25) is 0 Å². The quantitative estimate of drug-likeness (QED) is 0.592. The third kappa shape index (κ3) is 1.65. The molecule has 0 spiro atoms. The van der Waals surface area contributed by atoms with Crippen LogP contribution in [0.1, 0.15) is 10.4 Å². The van der Waals surface area contributed by atoms with Gasteiger partial charge in [0, 0.05) is 5.56 Å². The van der Waals surface area contributed by atoms with Gasteiger partial charge >= 0.3 is 12.0 Å². The summed E-state index contributed by atoms with van der Waals surface area (Å²) >= 11 is 0. The van der Waals surface area contributed by atoms with Crippen LogP contribution in [0.2, 0.25) is 0 Å². The summed E-state index contributed by atoms with van der Waals surface area (Å²) in [5.41, 5.74) is 0.156. The molecule has 1 aromatic rings. The summed E-state index contributed by atoms with van der Waals surface area (Å²) in [5, 5.41) is 0. The Kier molecular flexibility index (Phi) is 2.38. The second kappa shape index (κ2) is 3.51. The smallest absolute Gasteiger partial charge is 0.442 e. The number of ether oxygens (including phenoxy) is 2. The molecule has 1 aromatic carbocycles. The van der Waals surface area contributed by atoms with Crippen molar-refractivity contribution >= 4 is 6.29 Å². The summed E-state index contributed by atoms with van der Waals surface area (Å²) in [5.74, 6) is -4.07. The van der Waals surface area contributed by atoms with Crippen molar-refractivity contribution in [2.75, 3.05) is 0 Å². The summed E-state index contributed by atoms with van der Waals surface area (Å²) in [6, 6.07) is 3.47. The standard InChI is InChI=1S/C11H7F3O3/c1-2-10(12)11(13,14)17-8-4-3-7(6-15)5-9(8)16-10/h2-6H,1H2. The van der Waals surface area contributed by atoms with E-state index in [1.807, 2.05) is 0 Å². The molecule has 0 aromatic heterocycles. The highest BCUT2D eigenvalue weighted by atomic mass is 19.3. The fourth-order valence-electron chi connectivity index (χ4n) is 1.35. The topological polar surface area (TPSA) is 35.5 Å². The zero-order valence-corrected chi connectivity index (χ0v) is 8.45. The SMILES string of the molecule is C=CC1(F)Oc2cc(C=O)ccc2OC1(F)F. The van der Waals surface area contributed by atoms with Crippen molar-refractivity contribution in [2.45, 2.75) is 12.0 Å². The van der Waals surface area contributed by atoms with E-state index in [1.165, 1.54) is 6.07 Å². The Morgan fingerprint density at radius 1 is 1.18 bits per heavy atom. The predicted molar refractivity (Wildman–Crippen MR) is 52.1 cm³/mol. The minimum atomic E-state index is -4.18. The van der Waals surface area contributed by atoms with Crippen LogP contribution < -0.4 is 9.47 Å². The number of hydrogen-bond acceptors (Lipinski definition) is 3. The number of rotatable bonds is 2. The fraction of sp³-hybridized carbons (Fsp3) is 0.182. The Morgan fingerprint density at radius 2 is 1.88 bits per heavy atom. The molecule has 0 saturated carbocycles. The van der Waals surface area contributed by atoms with Crippen molar-refractivity contribution in [1.82, 2.24) is 0 Å². The molecule has 17 heavy (non-hydrogen) atoms. The van der Waals surface area contributed by atoms with E-state index in [9.17, 15) is 18.0 Å². The van der Waals surface area contributed by atoms with Gasteiger partial charge in [-0.3, -0.25) is 4.79 Å². The highest BCUT2D eigenvalue weighted by Gasteiger charge is 2.61. The second-order valence-electron chi connectivity index (χ2n) is 3.39. The molecule has 2 rings (SSSR count). The second-order valence-corrected chi connectivity index (χ2v) is 3.39. The summed E-state index contributed by atoms with van der Waals surface area (Å²) < 4.78 is 48.9. The number of hydrogen-bond donors (Lipinski definition) is 0. The van der Waals surface area contributed by atoms with E-state index in [2.05, 4.69) is 16.1 Å². The monoisotopic (exact) mass is 244 g/mol. The van der Waals surface area contributed by atoms with Crippen LogP contribution in [0.15, 0.2) is 30.9 Å². The third-order valence-corrected chi connectivity index (χ3v) is 2.26. The molecule has 0 N–H and O–H groups in total. The Bertz CT molecular complexity index is 487. The van der Waals surface area contributed by atoms with Crippen LogP contribution in [0.3, 0.4) is 0 Å². The van der Waals surface area contributed by atoms with Gasteiger partial charge in [0.1, 0.15) is 6.29 Å². The summed E-state index contributed by atoms with van der Waals surface area (Å²) in [4.78, 5) is 10.5. The average Bonchev–Trinajstić information content (AvgIpc) is 2.29. The first-order chi connectivity index (χ1) is 7.92. The van der Waals surface area contributed by atoms with E-state index < -0.39 is 12.0 Å². The molecule has 1 heterocycles. The molecule has 0 fully saturated rings. The van der Waals surface area contributed by atoms with Gasteiger partial charge < -0.3 is 9.47 Å².